The van der Waals surface area contributed by atoms with Crippen molar-refractivity contribution in [2.75, 3.05) is 19.7 Å². The van der Waals surface area contributed by atoms with Crippen molar-refractivity contribution in [2.24, 2.45) is 11.3 Å². The maximum Gasteiger partial charge on any atom is 0.264 e. The number of hydrogen-bond acceptors (Lipinski definition) is 3. The highest BCUT2D eigenvalue weighted by Crippen LogP contribution is 2.46. The van der Waals surface area contributed by atoms with E-state index in [9.17, 15) is 4.79 Å². The Bertz CT molecular complexity index is 478. The van der Waals surface area contributed by atoms with Crippen molar-refractivity contribution in [3.8, 4) is 6.07 Å². The van der Waals surface area contributed by atoms with Gasteiger partial charge in [0.1, 0.15) is 11.6 Å². The van der Waals surface area contributed by atoms with Gasteiger partial charge in [-0.15, -0.1) is 0 Å². The van der Waals surface area contributed by atoms with Gasteiger partial charge >= 0.3 is 0 Å². The molecule has 1 spiro atoms. The van der Waals surface area contributed by atoms with Gasteiger partial charge in [0, 0.05) is 13.1 Å². The number of amides is 1. The molecule has 4 heteroatoms. The molecule has 1 amide bonds. The van der Waals surface area contributed by atoms with Crippen LogP contribution in [-0.2, 0) is 9.53 Å². The first-order valence-corrected chi connectivity index (χ1v) is 7.82. The molecule has 21 heavy (non-hydrogen) atoms. The molecule has 2 rings (SSSR count). The minimum Gasteiger partial charge on any atom is -0.375 e. The number of allylic oxidation sites excluding steroid dienone is 1. The molecule has 4 nitrogen and oxygen atoms in total. The maximum atomic E-state index is 12.4. The van der Waals surface area contributed by atoms with E-state index in [1.54, 1.807) is 6.08 Å². The Morgan fingerprint density at radius 2 is 1.95 bits per heavy atom. The van der Waals surface area contributed by atoms with Gasteiger partial charge in [-0.2, -0.15) is 5.26 Å². The van der Waals surface area contributed by atoms with Crippen LogP contribution in [0, 0.1) is 22.7 Å². The highest BCUT2D eigenvalue weighted by atomic mass is 16.5. The number of nitrogens with zero attached hydrogens (tertiary/aromatic N) is 2. The van der Waals surface area contributed by atoms with Crippen LogP contribution in [0.5, 0.6) is 0 Å². The van der Waals surface area contributed by atoms with Gasteiger partial charge in [-0.25, -0.2) is 0 Å². The molecule has 0 unspecified atom stereocenters. The summed E-state index contributed by atoms with van der Waals surface area (Å²) in [7, 11) is 0. The van der Waals surface area contributed by atoms with E-state index in [-0.39, 0.29) is 28.4 Å². The Morgan fingerprint density at radius 1 is 1.33 bits per heavy atom. The quantitative estimate of drug-likeness (QED) is 0.580. The van der Waals surface area contributed by atoms with Crippen LogP contribution in [0.3, 0.4) is 0 Å². The molecular weight excluding hydrogens is 264 g/mol. The molecule has 2 heterocycles. The Labute approximate surface area is 127 Å². The fourth-order valence-electron chi connectivity index (χ4n) is 3.52. The summed E-state index contributed by atoms with van der Waals surface area (Å²) in [5, 5.41) is 9.16. The van der Waals surface area contributed by atoms with Gasteiger partial charge in [0.15, 0.2) is 0 Å². The van der Waals surface area contributed by atoms with Crippen LogP contribution in [0.15, 0.2) is 11.6 Å². The van der Waals surface area contributed by atoms with E-state index in [4.69, 9.17) is 10.00 Å². The number of nitriles is 1. The number of carbonyl (C=O) groups is 1. The van der Waals surface area contributed by atoms with Gasteiger partial charge < -0.3 is 9.64 Å². The second-order valence-electron chi connectivity index (χ2n) is 7.45. The number of piperidine rings is 1. The summed E-state index contributed by atoms with van der Waals surface area (Å²) in [5.41, 5.74) is 0.472. The van der Waals surface area contributed by atoms with E-state index < -0.39 is 0 Å². The van der Waals surface area contributed by atoms with E-state index in [1.165, 1.54) is 0 Å². The predicted octanol–water partition coefficient (Wildman–Crippen LogP) is 2.90. The van der Waals surface area contributed by atoms with E-state index >= 15 is 0 Å². The summed E-state index contributed by atoms with van der Waals surface area (Å²) in [5.74, 6) is 0.1000. The van der Waals surface area contributed by atoms with Crippen LogP contribution in [0.25, 0.3) is 0 Å². The average Bonchev–Trinajstić information content (AvgIpc) is 2.71. The summed E-state index contributed by atoms with van der Waals surface area (Å²) in [6.45, 7) is 10.5. The van der Waals surface area contributed by atoms with Crippen LogP contribution in [-0.4, -0.2) is 36.1 Å². The predicted molar refractivity (Wildman–Crippen MR) is 81.4 cm³/mol. The van der Waals surface area contributed by atoms with Crippen molar-refractivity contribution in [3.63, 3.8) is 0 Å². The number of likely N-dealkylation sites (tertiary alicyclic amines) is 1. The van der Waals surface area contributed by atoms with Crippen molar-refractivity contribution in [2.45, 2.75) is 52.6 Å². The molecule has 2 saturated heterocycles. The van der Waals surface area contributed by atoms with Gasteiger partial charge in [0.2, 0.25) is 0 Å². The number of carbonyl (C=O) groups excluding carboxylic acids is 1. The average molecular weight is 290 g/mol. The van der Waals surface area contributed by atoms with Gasteiger partial charge in [-0.05, 0) is 44.4 Å². The lowest BCUT2D eigenvalue weighted by molar-refractivity contribution is -0.129. The van der Waals surface area contributed by atoms with Gasteiger partial charge in [0.05, 0.1) is 12.2 Å². The Kier molecular flexibility index (Phi) is 4.43. The molecular formula is C17H26N2O2. The zero-order valence-electron chi connectivity index (χ0n) is 13.6. The van der Waals surface area contributed by atoms with Crippen LogP contribution < -0.4 is 0 Å². The molecule has 0 aromatic heterocycles. The third kappa shape index (κ3) is 3.65. The lowest BCUT2D eigenvalue weighted by atomic mass is 9.74. The van der Waals surface area contributed by atoms with Crippen LogP contribution in [0.1, 0.15) is 47.0 Å². The first-order chi connectivity index (χ1) is 9.77. The normalized spacial score (nSPS) is 24.4. The molecule has 0 radical (unpaired) electrons. The maximum absolute atomic E-state index is 12.4. The second kappa shape index (κ2) is 5.81. The fraction of sp³-hybridized carbons (Fsp3) is 0.765. The lowest BCUT2D eigenvalue weighted by Crippen LogP contribution is -2.44. The highest BCUT2D eigenvalue weighted by Gasteiger charge is 2.46. The lowest BCUT2D eigenvalue weighted by Gasteiger charge is -2.38. The molecule has 2 aliphatic rings. The second-order valence-corrected chi connectivity index (χ2v) is 7.45. The molecule has 0 saturated carbocycles. The standard InChI is InChI=1S/C17H26N2O2/c1-13(2)9-14(10-18)15(20)19-7-5-17(6-8-19)11-16(3,4)21-12-17/h9,13H,5-8,11-12H2,1-4H3/b14-9+. The smallest absolute Gasteiger partial charge is 0.264 e. The number of ether oxygens (including phenoxy) is 1. The van der Waals surface area contributed by atoms with Gasteiger partial charge in [-0.1, -0.05) is 19.9 Å². The molecule has 0 aromatic carbocycles. The molecule has 0 aromatic rings. The minimum absolute atomic E-state index is 0.0401. The fourth-order valence-corrected chi connectivity index (χ4v) is 3.52. The zero-order valence-corrected chi connectivity index (χ0v) is 13.6. The largest absolute Gasteiger partial charge is 0.375 e. The summed E-state index contributed by atoms with van der Waals surface area (Å²) in [6.07, 6.45) is 4.77. The number of hydrogen-bond donors (Lipinski definition) is 0. The molecule has 116 valence electrons. The summed E-state index contributed by atoms with van der Waals surface area (Å²) in [4.78, 5) is 14.2. The Hall–Kier alpha value is -1.34. The molecule has 0 bridgehead atoms. The molecule has 2 fully saturated rings. The van der Waals surface area contributed by atoms with Crippen molar-refractivity contribution < 1.29 is 9.53 Å². The summed E-state index contributed by atoms with van der Waals surface area (Å²) in [6, 6.07) is 2.05. The highest BCUT2D eigenvalue weighted by molar-refractivity contribution is 5.97. The topological polar surface area (TPSA) is 53.3 Å². The summed E-state index contributed by atoms with van der Waals surface area (Å²) >= 11 is 0. The van der Waals surface area contributed by atoms with Crippen LogP contribution in [0.2, 0.25) is 0 Å². The molecule has 2 aliphatic heterocycles. The van der Waals surface area contributed by atoms with Crippen LogP contribution >= 0.6 is 0 Å². The Balaban J connectivity index is 1.98. The first-order valence-electron chi connectivity index (χ1n) is 7.82. The van der Waals surface area contributed by atoms with Gasteiger partial charge in [-0.3, -0.25) is 4.79 Å². The molecule has 0 atom stereocenters. The minimum atomic E-state index is -0.112. The Morgan fingerprint density at radius 3 is 2.38 bits per heavy atom. The monoisotopic (exact) mass is 290 g/mol. The van der Waals surface area contributed by atoms with Crippen molar-refractivity contribution in [3.05, 3.63) is 11.6 Å². The molecule has 0 N–H and O–H groups in total. The number of rotatable bonds is 2. The van der Waals surface area contributed by atoms with Gasteiger partial charge in [0.25, 0.3) is 5.91 Å². The first kappa shape index (κ1) is 16.0. The van der Waals surface area contributed by atoms with E-state index in [2.05, 4.69) is 13.8 Å². The molecule has 0 aliphatic carbocycles. The van der Waals surface area contributed by atoms with E-state index in [0.29, 0.717) is 0 Å². The van der Waals surface area contributed by atoms with E-state index in [1.807, 2.05) is 24.8 Å². The third-order valence-electron chi connectivity index (χ3n) is 4.53. The van der Waals surface area contributed by atoms with E-state index in [0.717, 1.165) is 39.0 Å². The zero-order chi connectivity index (χ0) is 15.7. The van der Waals surface area contributed by atoms with Crippen molar-refractivity contribution in [1.29, 1.82) is 5.26 Å². The summed E-state index contributed by atoms with van der Waals surface area (Å²) < 4.78 is 5.88. The van der Waals surface area contributed by atoms with Crippen LogP contribution in [0.4, 0.5) is 0 Å². The van der Waals surface area contributed by atoms with Crippen molar-refractivity contribution in [1.82, 2.24) is 4.90 Å². The third-order valence-corrected chi connectivity index (χ3v) is 4.53. The van der Waals surface area contributed by atoms with Crippen molar-refractivity contribution >= 4 is 5.91 Å². The SMILES string of the molecule is CC(C)/C=C(\C#N)C(=O)N1CCC2(CC1)COC(C)(C)C2.